The van der Waals surface area contributed by atoms with Crippen molar-refractivity contribution in [3.8, 4) is 28.0 Å². The van der Waals surface area contributed by atoms with Gasteiger partial charge in [0.1, 0.15) is 22.9 Å². The molecule has 0 bridgehead atoms. The summed E-state index contributed by atoms with van der Waals surface area (Å²) in [5.41, 5.74) is -1.78. The Morgan fingerprint density at radius 2 is 1.17 bits per heavy atom. The van der Waals surface area contributed by atoms with Crippen molar-refractivity contribution in [3.05, 3.63) is 125 Å². The minimum Gasteiger partial charge on any atom is -0.429 e. The molecule has 0 saturated heterocycles. The van der Waals surface area contributed by atoms with Crippen molar-refractivity contribution < 1.29 is 44.3 Å². The predicted molar refractivity (Wildman–Crippen MR) is 136 cm³/mol. The Bertz CT molecular complexity index is 1530. The number of ether oxygens (including phenoxy) is 1. The molecule has 0 unspecified atom stereocenters. The van der Waals surface area contributed by atoms with Crippen LogP contribution in [0.5, 0.6) is 5.75 Å². The predicted octanol–water partition coefficient (Wildman–Crippen LogP) is 10.2. The van der Waals surface area contributed by atoms with Gasteiger partial charge in [0.15, 0.2) is 11.6 Å². The summed E-state index contributed by atoms with van der Waals surface area (Å²) in [5, 5.41) is 0. The SMILES string of the molecule is CC=CCCc1ccc(-c2ccc(-c3ccc(C(F)(F)Oc4cc(F)c(C(F)(F)F)c(F)c4)cc3)c(F)c2F)cc1. The lowest BCUT2D eigenvalue weighted by Gasteiger charge is -2.19. The van der Waals surface area contributed by atoms with Crippen LogP contribution in [0, 0.1) is 23.3 Å². The first-order valence-corrected chi connectivity index (χ1v) is 12.2. The monoisotopic (exact) mass is 580 g/mol. The molecule has 0 heterocycles. The maximum absolute atomic E-state index is 15.0. The second-order valence-corrected chi connectivity index (χ2v) is 9.05. The summed E-state index contributed by atoms with van der Waals surface area (Å²) in [7, 11) is 0. The Hall–Kier alpha value is -4.21. The van der Waals surface area contributed by atoms with Gasteiger partial charge in [-0.05, 0) is 48.6 Å². The maximum Gasteiger partial charge on any atom is 0.426 e. The highest BCUT2D eigenvalue weighted by molar-refractivity contribution is 5.72. The Labute approximate surface area is 229 Å². The van der Waals surface area contributed by atoms with E-state index in [1.165, 1.54) is 12.1 Å². The van der Waals surface area contributed by atoms with Crippen molar-refractivity contribution in [1.29, 1.82) is 0 Å². The smallest absolute Gasteiger partial charge is 0.426 e. The molecule has 0 radical (unpaired) electrons. The molecule has 0 atom stereocenters. The van der Waals surface area contributed by atoms with Gasteiger partial charge in [-0.2, -0.15) is 22.0 Å². The van der Waals surface area contributed by atoms with Gasteiger partial charge >= 0.3 is 12.3 Å². The van der Waals surface area contributed by atoms with Crippen LogP contribution in [0.1, 0.15) is 30.0 Å². The first-order valence-electron chi connectivity index (χ1n) is 12.2. The van der Waals surface area contributed by atoms with E-state index in [2.05, 4.69) is 4.74 Å². The molecule has 41 heavy (non-hydrogen) atoms. The van der Waals surface area contributed by atoms with E-state index in [9.17, 15) is 30.7 Å². The fraction of sp³-hybridized carbons (Fsp3) is 0.161. The molecule has 0 aromatic heterocycles. The Kier molecular flexibility index (Phi) is 8.51. The van der Waals surface area contributed by atoms with E-state index < -0.39 is 52.4 Å². The van der Waals surface area contributed by atoms with Crippen molar-refractivity contribution in [1.82, 2.24) is 0 Å². The van der Waals surface area contributed by atoms with Crippen LogP contribution < -0.4 is 4.74 Å². The van der Waals surface area contributed by atoms with Gasteiger partial charge in [-0.3, -0.25) is 0 Å². The Morgan fingerprint density at radius 3 is 1.63 bits per heavy atom. The molecule has 4 rings (SSSR count). The molecule has 214 valence electrons. The van der Waals surface area contributed by atoms with Gasteiger partial charge in [-0.25, -0.2) is 17.6 Å². The van der Waals surface area contributed by atoms with Gasteiger partial charge in [0, 0.05) is 23.3 Å². The van der Waals surface area contributed by atoms with Crippen LogP contribution in [0.4, 0.5) is 39.5 Å². The van der Waals surface area contributed by atoms with E-state index in [0.29, 0.717) is 5.56 Å². The summed E-state index contributed by atoms with van der Waals surface area (Å²) in [6, 6.07) is 13.4. The van der Waals surface area contributed by atoms with E-state index >= 15 is 8.78 Å². The molecule has 0 aliphatic carbocycles. The van der Waals surface area contributed by atoms with Crippen molar-refractivity contribution in [2.24, 2.45) is 0 Å². The first-order chi connectivity index (χ1) is 19.3. The lowest BCUT2D eigenvalue weighted by Crippen LogP contribution is -2.22. The van der Waals surface area contributed by atoms with Gasteiger partial charge in [0.25, 0.3) is 0 Å². The molecule has 10 heteroatoms. The van der Waals surface area contributed by atoms with Crippen molar-refractivity contribution >= 4 is 0 Å². The summed E-state index contributed by atoms with van der Waals surface area (Å²) in [5.74, 6) is -7.77. The second-order valence-electron chi connectivity index (χ2n) is 9.05. The number of alkyl halides is 5. The molecule has 0 amide bonds. The van der Waals surface area contributed by atoms with E-state index in [4.69, 9.17) is 0 Å². The lowest BCUT2D eigenvalue weighted by molar-refractivity contribution is -0.185. The zero-order chi connectivity index (χ0) is 29.9. The third-order valence-corrected chi connectivity index (χ3v) is 6.26. The molecular weight excluding hydrogens is 559 g/mol. The largest absolute Gasteiger partial charge is 0.429 e. The standard InChI is InChI=1S/C31H21F9O/c1-2-3-4-5-18-6-8-19(9-7-18)23-14-15-24(29(35)28(23)34)20-10-12-21(13-11-20)31(39,40)41-22-16-25(32)27(26(33)17-22)30(36,37)38/h2-3,6-17H,4-5H2,1H3. The van der Waals surface area contributed by atoms with Gasteiger partial charge < -0.3 is 4.74 Å². The lowest BCUT2D eigenvalue weighted by atomic mass is 9.97. The van der Waals surface area contributed by atoms with E-state index in [1.807, 2.05) is 31.2 Å². The zero-order valence-corrected chi connectivity index (χ0v) is 21.3. The fourth-order valence-corrected chi connectivity index (χ4v) is 4.19. The van der Waals surface area contributed by atoms with E-state index in [0.717, 1.165) is 42.7 Å². The minimum absolute atomic E-state index is 0.00869. The summed E-state index contributed by atoms with van der Waals surface area (Å²) in [6.45, 7) is 1.92. The van der Waals surface area contributed by atoms with E-state index in [1.54, 1.807) is 12.1 Å². The summed E-state index contributed by atoms with van der Waals surface area (Å²) < 4.78 is 129. The molecule has 0 N–H and O–H groups in total. The maximum atomic E-state index is 15.0. The van der Waals surface area contributed by atoms with Crippen LogP contribution in [-0.4, -0.2) is 0 Å². The Balaban J connectivity index is 1.54. The van der Waals surface area contributed by atoms with Gasteiger partial charge in [0.05, 0.1) is 5.56 Å². The quantitative estimate of drug-likeness (QED) is 0.149. The van der Waals surface area contributed by atoms with Crippen LogP contribution in [0.2, 0.25) is 0 Å². The normalized spacial score (nSPS) is 12.2. The van der Waals surface area contributed by atoms with Crippen LogP contribution in [0.3, 0.4) is 0 Å². The third-order valence-electron chi connectivity index (χ3n) is 6.26. The average molecular weight is 580 g/mol. The molecule has 0 aliphatic rings. The number of hydrogen-bond acceptors (Lipinski definition) is 1. The van der Waals surface area contributed by atoms with Gasteiger partial charge in [0.2, 0.25) is 0 Å². The molecule has 1 nitrogen and oxygen atoms in total. The molecule has 4 aromatic rings. The Morgan fingerprint density at radius 1 is 0.683 bits per heavy atom. The highest BCUT2D eigenvalue weighted by Gasteiger charge is 2.40. The summed E-state index contributed by atoms with van der Waals surface area (Å²) in [6.07, 6.45) is -4.02. The highest BCUT2D eigenvalue weighted by Crippen LogP contribution is 2.39. The number of rotatable bonds is 8. The topological polar surface area (TPSA) is 9.23 Å². The van der Waals surface area contributed by atoms with Gasteiger partial charge in [-0.1, -0.05) is 60.7 Å². The molecule has 0 aliphatic heterocycles. The molecule has 0 fully saturated rings. The zero-order valence-electron chi connectivity index (χ0n) is 21.3. The number of halogens is 9. The van der Waals surface area contributed by atoms with Crippen LogP contribution in [0.25, 0.3) is 22.3 Å². The summed E-state index contributed by atoms with van der Waals surface area (Å²) >= 11 is 0. The number of aryl methyl sites for hydroxylation is 1. The van der Waals surface area contributed by atoms with Crippen LogP contribution in [-0.2, 0) is 18.7 Å². The molecule has 0 saturated carbocycles. The van der Waals surface area contributed by atoms with E-state index in [-0.39, 0.29) is 28.8 Å². The minimum atomic E-state index is -5.38. The third kappa shape index (κ3) is 6.58. The molecular formula is C31H21F9O. The highest BCUT2D eigenvalue weighted by atomic mass is 19.4. The van der Waals surface area contributed by atoms with Crippen molar-refractivity contribution in [2.45, 2.75) is 32.1 Å². The number of allylic oxidation sites excluding steroid dienone is 2. The summed E-state index contributed by atoms with van der Waals surface area (Å²) in [4.78, 5) is 0. The van der Waals surface area contributed by atoms with Gasteiger partial charge in [-0.15, -0.1) is 0 Å². The second kappa shape index (κ2) is 11.7. The van der Waals surface area contributed by atoms with Crippen LogP contribution >= 0.6 is 0 Å². The van der Waals surface area contributed by atoms with Crippen molar-refractivity contribution in [3.63, 3.8) is 0 Å². The average Bonchev–Trinajstić information content (AvgIpc) is 2.89. The van der Waals surface area contributed by atoms with Crippen molar-refractivity contribution in [2.75, 3.05) is 0 Å². The van der Waals surface area contributed by atoms with Crippen LogP contribution in [0.15, 0.2) is 84.9 Å². The fourth-order valence-electron chi connectivity index (χ4n) is 4.19. The first kappa shape index (κ1) is 29.8. The number of benzene rings is 4. The number of hydrogen-bond donors (Lipinski definition) is 0. The molecule has 4 aromatic carbocycles. The molecule has 0 spiro atoms.